The number of nitrogens with two attached hydrogens (primary N) is 1. The van der Waals surface area contributed by atoms with Crippen molar-refractivity contribution in [3.63, 3.8) is 0 Å². The van der Waals surface area contributed by atoms with Gasteiger partial charge in [0.25, 0.3) is 0 Å². The van der Waals surface area contributed by atoms with Crippen LogP contribution in [0, 0.1) is 6.92 Å². The molecule has 0 aliphatic carbocycles. The van der Waals surface area contributed by atoms with E-state index in [1.54, 1.807) is 6.20 Å². The Hall–Kier alpha value is -2.01. The highest BCUT2D eigenvalue weighted by Gasteiger charge is 2.06. The molecule has 2 aromatic heterocycles. The van der Waals surface area contributed by atoms with E-state index >= 15 is 0 Å². The van der Waals surface area contributed by atoms with Gasteiger partial charge in [-0.3, -0.25) is 4.98 Å². The predicted octanol–water partition coefficient (Wildman–Crippen LogP) is 1.28. The van der Waals surface area contributed by atoms with E-state index in [0.717, 1.165) is 17.1 Å². The van der Waals surface area contributed by atoms with Crippen LogP contribution in [0.15, 0.2) is 30.5 Å². The Labute approximate surface area is 107 Å². The van der Waals surface area contributed by atoms with Crippen molar-refractivity contribution in [3.05, 3.63) is 47.5 Å². The van der Waals surface area contributed by atoms with Crippen molar-refractivity contribution in [1.82, 2.24) is 15.0 Å². The topological polar surface area (TPSA) is 67.9 Å². The smallest absolute Gasteiger partial charge is 0.225 e. The largest absolute Gasteiger partial charge is 0.338 e. The predicted molar refractivity (Wildman–Crippen MR) is 71.0 cm³/mol. The average molecular weight is 243 g/mol. The molecular formula is C13H17N5. The third kappa shape index (κ3) is 3.01. The van der Waals surface area contributed by atoms with E-state index in [2.05, 4.69) is 15.0 Å². The van der Waals surface area contributed by atoms with Crippen molar-refractivity contribution in [3.8, 4) is 0 Å². The quantitative estimate of drug-likeness (QED) is 0.876. The van der Waals surface area contributed by atoms with Crippen LogP contribution in [0.3, 0.4) is 0 Å². The Kier molecular flexibility index (Phi) is 3.84. The van der Waals surface area contributed by atoms with Crippen LogP contribution in [0.1, 0.15) is 17.1 Å². The fourth-order valence-corrected chi connectivity index (χ4v) is 1.68. The first kappa shape index (κ1) is 12.4. The van der Waals surface area contributed by atoms with Gasteiger partial charge in [0.2, 0.25) is 5.95 Å². The highest BCUT2D eigenvalue weighted by Crippen LogP contribution is 2.09. The molecule has 0 aromatic carbocycles. The first-order chi connectivity index (χ1) is 8.69. The lowest BCUT2D eigenvalue weighted by Crippen LogP contribution is -2.20. The summed E-state index contributed by atoms with van der Waals surface area (Å²) in [5, 5.41) is 0. The summed E-state index contributed by atoms with van der Waals surface area (Å²) in [7, 11) is 1.94. The maximum absolute atomic E-state index is 5.57. The summed E-state index contributed by atoms with van der Waals surface area (Å²) in [5.41, 5.74) is 8.42. The van der Waals surface area contributed by atoms with Crippen molar-refractivity contribution in [1.29, 1.82) is 0 Å². The number of hydrogen-bond donors (Lipinski definition) is 1. The summed E-state index contributed by atoms with van der Waals surface area (Å²) in [6, 6.07) is 7.80. The zero-order valence-electron chi connectivity index (χ0n) is 10.7. The van der Waals surface area contributed by atoms with Crippen LogP contribution < -0.4 is 10.6 Å². The summed E-state index contributed by atoms with van der Waals surface area (Å²) in [4.78, 5) is 15.0. The molecule has 0 fully saturated rings. The van der Waals surface area contributed by atoms with Gasteiger partial charge >= 0.3 is 0 Å². The van der Waals surface area contributed by atoms with E-state index in [1.165, 1.54) is 0 Å². The molecule has 0 aliphatic rings. The maximum Gasteiger partial charge on any atom is 0.225 e. The standard InChI is InChI=1S/C13H17N5/c1-10-4-3-5-12(16-10)9-18(2)13-15-7-6-11(8-14)17-13/h3-7H,8-9,14H2,1-2H3. The summed E-state index contributed by atoms with van der Waals surface area (Å²) < 4.78 is 0. The molecule has 2 aromatic rings. The molecule has 0 unspecified atom stereocenters. The molecule has 0 saturated carbocycles. The number of hydrogen-bond acceptors (Lipinski definition) is 5. The number of nitrogens with zero attached hydrogens (tertiary/aromatic N) is 4. The minimum Gasteiger partial charge on any atom is -0.338 e. The monoisotopic (exact) mass is 243 g/mol. The van der Waals surface area contributed by atoms with Crippen molar-refractivity contribution >= 4 is 5.95 Å². The van der Waals surface area contributed by atoms with Gasteiger partial charge in [0.05, 0.1) is 17.9 Å². The lowest BCUT2D eigenvalue weighted by molar-refractivity contribution is 0.822. The second kappa shape index (κ2) is 5.55. The minimum absolute atomic E-state index is 0.423. The lowest BCUT2D eigenvalue weighted by Gasteiger charge is -2.17. The Balaban J connectivity index is 2.13. The summed E-state index contributed by atoms with van der Waals surface area (Å²) >= 11 is 0. The number of anilines is 1. The second-order valence-electron chi connectivity index (χ2n) is 4.18. The van der Waals surface area contributed by atoms with Crippen LogP contribution >= 0.6 is 0 Å². The molecule has 0 atom stereocenters. The van der Waals surface area contributed by atoms with Gasteiger partial charge in [-0.15, -0.1) is 0 Å². The fourth-order valence-electron chi connectivity index (χ4n) is 1.68. The van der Waals surface area contributed by atoms with Crippen LogP contribution in [0.25, 0.3) is 0 Å². The molecule has 0 bridgehead atoms. The number of aryl methyl sites for hydroxylation is 1. The van der Waals surface area contributed by atoms with Gasteiger partial charge in [-0.1, -0.05) is 6.07 Å². The Morgan fingerprint density at radius 1 is 1.17 bits per heavy atom. The molecule has 0 saturated heterocycles. The summed E-state index contributed by atoms with van der Waals surface area (Å²) in [6.45, 7) is 3.08. The van der Waals surface area contributed by atoms with Crippen LogP contribution in [0.5, 0.6) is 0 Å². The molecule has 0 radical (unpaired) electrons. The van der Waals surface area contributed by atoms with Gasteiger partial charge in [-0.25, -0.2) is 9.97 Å². The first-order valence-electron chi connectivity index (χ1n) is 5.84. The van der Waals surface area contributed by atoms with Crippen LogP contribution in [-0.4, -0.2) is 22.0 Å². The minimum atomic E-state index is 0.423. The van der Waals surface area contributed by atoms with Gasteiger partial charge < -0.3 is 10.6 Å². The lowest BCUT2D eigenvalue weighted by atomic mass is 10.3. The molecule has 18 heavy (non-hydrogen) atoms. The summed E-state index contributed by atoms with van der Waals surface area (Å²) in [6.07, 6.45) is 1.73. The molecule has 5 heteroatoms. The van der Waals surface area contributed by atoms with Crippen molar-refractivity contribution < 1.29 is 0 Å². The molecule has 2 rings (SSSR count). The van der Waals surface area contributed by atoms with Crippen molar-refractivity contribution in [2.75, 3.05) is 11.9 Å². The van der Waals surface area contributed by atoms with Gasteiger partial charge in [-0.2, -0.15) is 0 Å². The van der Waals surface area contributed by atoms with E-state index in [1.807, 2.05) is 43.1 Å². The van der Waals surface area contributed by atoms with Gasteiger partial charge in [0.1, 0.15) is 0 Å². The van der Waals surface area contributed by atoms with Crippen LogP contribution in [0.2, 0.25) is 0 Å². The molecule has 2 N–H and O–H groups in total. The highest BCUT2D eigenvalue weighted by molar-refractivity contribution is 5.30. The Morgan fingerprint density at radius 2 is 2.00 bits per heavy atom. The van der Waals surface area contributed by atoms with Crippen molar-refractivity contribution in [2.45, 2.75) is 20.0 Å². The van der Waals surface area contributed by atoms with E-state index in [0.29, 0.717) is 19.0 Å². The molecule has 0 aliphatic heterocycles. The second-order valence-corrected chi connectivity index (χ2v) is 4.18. The molecule has 94 valence electrons. The zero-order valence-corrected chi connectivity index (χ0v) is 10.7. The maximum atomic E-state index is 5.57. The third-order valence-electron chi connectivity index (χ3n) is 2.60. The van der Waals surface area contributed by atoms with E-state index in [-0.39, 0.29) is 0 Å². The highest BCUT2D eigenvalue weighted by atomic mass is 15.2. The Morgan fingerprint density at radius 3 is 2.72 bits per heavy atom. The van der Waals surface area contributed by atoms with E-state index in [9.17, 15) is 0 Å². The summed E-state index contributed by atoms with van der Waals surface area (Å²) in [5.74, 6) is 0.668. The first-order valence-corrected chi connectivity index (χ1v) is 5.84. The number of aromatic nitrogens is 3. The number of rotatable bonds is 4. The van der Waals surface area contributed by atoms with Gasteiger partial charge in [-0.05, 0) is 25.1 Å². The van der Waals surface area contributed by atoms with Crippen LogP contribution in [-0.2, 0) is 13.1 Å². The Bertz CT molecular complexity index is 526. The van der Waals surface area contributed by atoms with Gasteiger partial charge in [0.15, 0.2) is 0 Å². The average Bonchev–Trinajstić information content (AvgIpc) is 2.39. The van der Waals surface area contributed by atoms with E-state index in [4.69, 9.17) is 5.73 Å². The normalized spacial score (nSPS) is 10.4. The van der Waals surface area contributed by atoms with Crippen LogP contribution in [0.4, 0.5) is 5.95 Å². The van der Waals surface area contributed by atoms with E-state index < -0.39 is 0 Å². The molecule has 0 amide bonds. The fraction of sp³-hybridized carbons (Fsp3) is 0.308. The third-order valence-corrected chi connectivity index (χ3v) is 2.60. The molecule has 0 spiro atoms. The van der Waals surface area contributed by atoms with Gasteiger partial charge in [0, 0.05) is 25.5 Å². The zero-order chi connectivity index (χ0) is 13.0. The number of pyridine rings is 1. The van der Waals surface area contributed by atoms with Crippen molar-refractivity contribution in [2.24, 2.45) is 5.73 Å². The molecular weight excluding hydrogens is 226 g/mol. The molecule has 5 nitrogen and oxygen atoms in total. The molecule has 2 heterocycles. The SMILES string of the molecule is Cc1cccc(CN(C)c2nccc(CN)n2)n1.